The molecule has 10 heteroatoms. The van der Waals surface area contributed by atoms with E-state index in [4.69, 9.17) is 4.74 Å². The standard InChI is InChI=1S/C25H22F2N6O2/c1-14-7-19(27)18(8-22(14)32-10-21(28-12-32)15-5-6-15)25(34)30-20-4-2-3-17-23(20)35-11-16(9-26)33-13-29-31-24(17)33/h2-4,7-8,10,12-13,15-16H,5-6,9,11H2,1H3,(H,30,34). The van der Waals surface area contributed by atoms with Crippen molar-refractivity contribution in [3.8, 4) is 22.8 Å². The average Bonchev–Trinajstić information content (AvgIpc) is 3.43. The second-order valence-electron chi connectivity index (χ2n) is 8.92. The SMILES string of the molecule is Cc1cc(F)c(C(=O)Nc2cccc3c2OCC(CF)n2cnnc2-3)cc1-n1cnc(C2CC2)c1. The highest BCUT2D eigenvalue weighted by atomic mass is 19.1. The Labute approximate surface area is 199 Å². The number of aromatic nitrogens is 5. The zero-order chi connectivity index (χ0) is 24.1. The van der Waals surface area contributed by atoms with Crippen LogP contribution in [0.25, 0.3) is 17.1 Å². The Morgan fingerprint density at radius 2 is 2.11 bits per heavy atom. The number of rotatable bonds is 5. The van der Waals surface area contributed by atoms with Crippen LogP contribution in [0.15, 0.2) is 49.2 Å². The number of hydrogen-bond acceptors (Lipinski definition) is 5. The number of imidazole rings is 1. The number of aryl methyl sites for hydroxylation is 1. The number of benzene rings is 2. The van der Waals surface area contributed by atoms with Crippen LogP contribution >= 0.6 is 0 Å². The van der Waals surface area contributed by atoms with Gasteiger partial charge in [-0.3, -0.25) is 4.79 Å². The number of nitrogens with zero attached hydrogens (tertiary/aromatic N) is 5. The fourth-order valence-corrected chi connectivity index (χ4v) is 4.41. The van der Waals surface area contributed by atoms with Gasteiger partial charge in [-0.15, -0.1) is 10.2 Å². The molecule has 2 aliphatic rings. The number of carbonyl (C=O) groups excluding carboxylic acids is 1. The van der Waals surface area contributed by atoms with Crippen LogP contribution in [0.5, 0.6) is 5.75 Å². The van der Waals surface area contributed by atoms with Gasteiger partial charge in [-0.25, -0.2) is 13.8 Å². The maximum atomic E-state index is 14.9. The summed E-state index contributed by atoms with van der Waals surface area (Å²) in [6, 6.07) is 7.40. The van der Waals surface area contributed by atoms with Gasteiger partial charge in [0.15, 0.2) is 11.6 Å². The molecule has 0 bridgehead atoms. The van der Waals surface area contributed by atoms with E-state index in [-0.39, 0.29) is 12.2 Å². The second-order valence-corrected chi connectivity index (χ2v) is 8.92. The zero-order valence-corrected chi connectivity index (χ0v) is 18.9. The molecule has 8 nitrogen and oxygen atoms in total. The summed E-state index contributed by atoms with van der Waals surface area (Å²) in [5.74, 6) is -0.00694. The maximum absolute atomic E-state index is 14.9. The van der Waals surface area contributed by atoms with E-state index >= 15 is 0 Å². The largest absolute Gasteiger partial charge is 0.488 e. The lowest BCUT2D eigenvalue weighted by Gasteiger charge is -2.15. The van der Waals surface area contributed by atoms with Gasteiger partial charge < -0.3 is 19.2 Å². The molecule has 1 fully saturated rings. The molecule has 6 rings (SSSR count). The van der Waals surface area contributed by atoms with Crippen LogP contribution in [0.1, 0.15) is 46.4 Å². The number of anilines is 1. The number of halogens is 2. The van der Waals surface area contributed by atoms with Crippen molar-refractivity contribution >= 4 is 11.6 Å². The van der Waals surface area contributed by atoms with E-state index in [2.05, 4.69) is 20.5 Å². The van der Waals surface area contributed by atoms with Gasteiger partial charge in [0.1, 0.15) is 25.4 Å². The Balaban J connectivity index is 1.34. The molecule has 3 heterocycles. The second kappa shape index (κ2) is 8.30. The lowest BCUT2D eigenvalue weighted by molar-refractivity contribution is 0.102. The molecule has 4 aromatic rings. The highest BCUT2D eigenvalue weighted by molar-refractivity contribution is 6.06. The quantitative estimate of drug-likeness (QED) is 0.455. The first-order valence-electron chi connectivity index (χ1n) is 11.4. The smallest absolute Gasteiger partial charge is 0.258 e. The van der Waals surface area contributed by atoms with E-state index in [0.717, 1.165) is 18.5 Å². The molecule has 2 aromatic heterocycles. The minimum absolute atomic E-state index is 0.0361. The minimum Gasteiger partial charge on any atom is -0.488 e. The number of carbonyl (C=O) groups is 1. The van der Waals surface area contributed by atoms with Gasteiger partial charge in [0.25, 0.3) is 5.91 Å². The maximum Gasteiger partial charge on any atom is 0.258 e. The third-order valence-corrected chi connectivity index (χ3v) is 6.48. The number of para-hydroxylation sites is 1. The van der Waals surface area contributed by atoms with Crippen LogP contribution in [0.3, 0.4) is 0 Å². The van der Waals surface area contributed by atoms with Crippen molar-refractivity contribution < 1.29 is 18.3 Å². The van der Waals surface area contributed by atoms with Crippen molar-refractivity contribution in [1.29, 1.82) is 0 Å². The molecule has 1 N–H and O–H groups in total. The highest BCUT2D eigenvalue weighted by Crippen LogP contribution is 2.40. The summed E-state index contributed by atoms with van der Waals surface area (Å²) in [5.41, 5.74) is 3.16. The molecule has 1 aliphatic carbocycles. The predicted octanol–water partition coefficient (Wildman–Crippen LogP) is 4.61. The summed E-state index contributed by atoms with van der Waals surface area (Å²) in [6.07, 6.45) is 7.33. The van der Waals surface area contributed by atoms with E-state index in [1.165, 1.54) is 18.5 Å². The predicted molar refractivity (Wildman–Crippen MR) is 124 cm³/mol. The van der Waals surface area contributed by atoms with Crippen LogP contribution in [0.4, 0.5) is 14.5 Å². The summed E-state index contributed by atoms with van der Waals surface area (Å²) >= 11 is 0. The van der Waals surface area contributed by atoms with E-state index in [1.807, 2.05) is 10.8 Å². The number of fused-ring (bicyclic) bond motifs is 3. The Morgan fingerprint density at radius 3 is 2.91 bits per heavy atom. The molecule has 1 unspecified atom stereocenters. The van der Waals surface area contributed by atoms with Crippen molar-refractivity contribution in [3.63, 3.8) is 0 Å². The normalized spacial score (nSPS) is 16.7. The van der Waals surface area contributed by atoms with Crippen molar-refractivity contribution in [2.24, 2.45) is 0 Å². The number of nitrogens with one attached hydrogen (secondary N) is 1. The zero-order valence-electron chi connectivity index (χ0n) is 18.9. The van der Waals surface area contributed by atoms with Crippen molar-refractivity contribution in [3.05, 3.63) is 71.8 Å². The van der Waals surface area contributed by atoms with E-state index in [1.54, 1.807) is 36.0 Å². The molecule has 35 heavy (non-hydrogen) atoms. The monoisotopic (exact) mass is 476 g/mol. The van der Waals surface area contributed by atoms with E-state index < -0.39 is 24.4 Å². The Kier molecular flexibility index (Phi) is 5.09. The average molecular weight is 476 g/mol. The Morgan fingerprint density at radius 1 is 1.26 bits per heavy atom. The lowest BCUT2D eigenvalue weighted by atomic mass is 10.1. The van der Waals surface area contributed by atoms with Gasteiger partial charge in [-0.1, -0.05) is 6.07 Å². The van der Waals surface area contributed by atoms with Crippen LogP contribution in [0.2, 0.25) is 0 Å². The number of ether oxygens (including phenoxy) is 1. The van der Waals surface area contributed by atoms with Crippen molar-refractivity contribution in [2.45, 2.75) is 31.7 Å². The highest BCUT2D eigenvalue weighted by Gasteiger charge is 2.28. The molecule has 0 spiro atoms. The number of alkyl halides is 1. The van der Waals surface area contributed by atoms with Gasteiger partial charge in [-0.05, 0) is 49.6 Å². The Bertz CT molecular complexity index is 1440. The molecule has 1 saturated carbocycles. The molecule has 2 aromatic carbocycles. The molecule has 0 saturated heterocycles. The molecule has 1 aliphatic heterocycles. The molecule has 1 atom stereocenters. The molecular formula is C25H22F2N6O2. The summed E-state index contributed by atoms with van der Waals surface area (Å²) < 4.78 is 37.8. The molecular weight excluding hydrogens is 454 g/mol. The molecule has 1 amide bonds. The van der Waals surface area contributed by atoms with E-state index in [9.17, 15) is 13.6 Å². The van der Waals surface area contributed by atoms with E-state index in [0.29, 0.717) is 40.0 Å². The van der Waals surface area contributed by atoms with Crippen molar-refractivity contribution in [2.75, 3.05) is 18.6 Å². The van der Waals surface area contributed by atoms with Crippen LogP contribution < -0.4 is 10.1 Å². The molecule has 0 radical (unpaired) electrons. The van der Waals surface area contributed by atoms with Crippen LogP contribution in [0, 0.1) is 12.7 Å². The number of amides is 1. The van der Waals surface area contributed by atoms with Crippen LogP contribution in [-0.2, 0) is 0 Å². The summed E-state index contributed by atoms with van der Waals surface area (Å²) in [5, 5.41) is 10.8. The fraction of sp³-hybridized carbons (Fsp3) is 0.280. The third-order valence-electron chi connectivity index (χ3n) is 6.48. The summed E-state index contributed by atoms with van der Waals surface area (Å²) in [6.45, 7) is 1.17. The van der Waals surface area contributed by atoms with Crippen LogP contribution in [-0.4, -0.2) is 43.5 Å². The van der Waals surface area contributed by atoms with Crippen molar-refractivity contribution in [1.82, 2.24) is 24.3 Å². The first-order valence-corrected chi connectivity index (χ1v) is 11.4. The fourth-order valence-electron chi connectivity index (χ4n) is 4.41. The third kappa shape index (κ3) is 3.74. The van der Waals surface area contributed by atoms with Gasteiger partial charge in [-0.2, -0.15) is 0 Å². The first-order chi connectivity index (χ1) is 17.0. The number of hydrogen-bond donors (Lipinski definition) is 1. The topological polar surface area (TPSA) is 86.9 Å². The summed E-state index contributed by atoms with van der Waals surface area (Å²) in [4.78, 5) is 17.7. The minimum atomic E-state index is -0.658. The first kappa shape index (κ1) is 21.5. The van der Waals surface area contributed by atoms with Gasteiger partial charge in [0.05, 0.1) is 40.6 Å². The van der Waals surface area contributed by atoms with Gasteiger partial charge >= 0.3 is 0 Å². The van der Waals surface area contributed by atoms with Gasteiger partial charge in [0.2, 0.25) is 0 Å². The Hall–Kier alpha value is -4.08. The lowest BCUT2D eigenvalue weighted by Crippen LogP contribution is -2.18. The van der Waals surface area contributed by atoms with Gasteiger partial charge in [0, 0.05) is 12.1 Å². The summed E-state index contributed by atoms with van der Waals surface area (Å²) in [7, 11) is 0. The molecule has 178 valence electrons.